The fraction of sp³-hybridized carbons (Fsp3) is 0.300. The van der Waals surface area contributed by atoms with E-state index < -0.39 is 0 Å². The van der Waals surface area contributed by atoms with E-state index in [1.165, 1.54) is 4.90 Å². The molecule has 0 aliphatic rings. The molecule has 0 bridgehead atoms. The summed E-state index contributed by atoms with van der Waals surface area (Å²) in [4.78, 5) is 2.21. The highest BCUT2D eigenvalue weighted by molar-refractivity contribution is 7.98. The second kappa shape index (κ2) is 5.21. The van der Waals surface area contributed by atoms with Gasteiger partial charge in [0.05, 0.1) is 6.07 Å². The third kappa shape index (κ3) is 2.98. The van der Waals surface area contributed by atoms with Crippen LogP contribution >= 0.6 is 24.4 Å². The van der Waals surface area contributed by atoms with Crippen molar-refractivity contribution in [2.45, 2.75) is 22.6 Å². The molecule has 0 aromatic heterocycles. The summed E-state index contributed by atoms with van der Waals surface area (Å²) in [5, 5.41) is 8.46. The highest BCUT2D eigenvalue weighted by Gasteiger charge is 2.00. The largest absolute Gasteiger partial charge is 0.198 e. The number of nitrogens with zero attached hydrogens (tertiary/aromatic N) is 1. The Morgan fingerprint density at radius 3 is 2.92 bits per heavy atom. The Labute approximate surface area is 88.6 Å². The zero-order valence-corrected chi connectivity index (χ0v) is 9.16. The number of rotatable bonds is 3. The predicted molar refractivity (Wildman–Crippen MR) is 59.4 cm³/mol. The lowest BCUT2D eigenvalue weighted by molar-refractivity contribution is 0.972. The molecular weight excluding hydrogens is 198 g/mol. The van der Waals surface area contributed by atoms with E-state index in [9.17, 15) is 0 Å². The highest BCUT2D eigenvalue weighted by atomic mass is 32.2. The molecule has 0 saturated heterocycles. The van der Waals surface area contributed by atoms with Gasteiger partial charge in [0, 0.05) is 16.2 Å². The zero-order valence-electron chi connectivity index (χ0n) is 7.45. The van der Waals surface area contributed by atoms with Gasteiger partial charge in [-0.2, -0.15) is 5.26 Å². The summed E-state index contributed by atoms with van der Waals surface area (Å²) in [6.07, 6.45) is 3.40. The lowest BCUT2D eigenvalue weighted by Crippen LogP contribution is -1.86. The molecule has 0 amide bonds. The standard InChI is InChI=1S/C10H11NS2/c1-13-9-4-5-10(12)8(7-9)3-2-6-11/h4-5,7,12H,2-3H2,1H3. The van der Waals surface area contributed by atoms with Crippen molar-refractivity contribution >= 4 is 24.4 Å². The van der Waals surface area contributed by atoms with Crippen molar-refractivity contribution in [3.63, 3.8) is 0 Å². The minimum absolute atomic E-state index is 0.561. The summed E-state index contributed by atoms with van der Waals surface area (Å²) in [6.45, 7) is 0. The van der Waals surface area contributed by atoms with Crippen LogP contribution in [0.2, 0.25) is 0 Å². The van der Waals surface area contributed by atoms with Gasteiger partial charge in [0.2, 0.25) is 0 Å². The topological polar surface area (TPSA) is 23.8 Å². The number of aryl methyl sites for hydroxylation is 1. The summed E-state index contributed by atoms with van der Waals surface area (Å²) in [6, 6.07) is 8.27. The van der Waals surface area contributed by atoms with E-state index >= 15 is 0 Å². The summed E-state index contributed by atoms with van der Waals surface area (Å²) >= 11 is 6.05. The highest BCUT2D eigenvalue weighted by Crippen LogP contribution is 2.22. The first-order chi connectivity index (χ1) is 6.27. The molecule has 0 saturated carbocycles. The van der Waals surface area contributed by atoms with Crippen LogP contribution in [0.4, 0.5) is 0 Å². The first kappa shape index (κ1) is 10.5. The summed E-state index contributed by atoms with van der Waals surface area (Å²) in [7, 11) is 0. The van der Waals surface area contributed by atoms with Gasteiger partial charge in [-0.25, -0.2) is 0 Å². The van der Waals surface area contributed by atoms with Crippen LogP contribution < -0.4 is 0 Å². The molecule has 1 nitrogen and oxygen atoms in total. The molecule has 1 aromatic carbocycles. The smallest absolute Gasteiger partial charge is 0.0625 e. The molecule has 1 rings (SSSR count). The normalized spacial score (nSPS) is 9.62. The first-order valence-corrected chi connectivity index (χ1v) is 5.68. The second-order valence-corrected chi connectivity index (χ2v) is 4.01. The number of hydrogen-bond donors (Lipinski definition) is 1. The molecule has 68 valence electrons. The second-order valence-electron chi connectivity index (χ2n) is 2.65. The van der Waals surface area contributed by atoms with Crippen LogP contribution in [0, 0.1) is 11.3 Å². The first-order valence-electron chi connectivity index (χ1n) is 4.00. The average Bonchev–Trinajstić information content (AvgIpc) is 2.17. The molecule has 0 spiro atoms. The Bertz CT molecular complexity index is 328. The molecule has 0 unspecified atom stereocenters. The molecule has 0 aliphatic heterocycles. The summed E-state index contributed by atoms with van der Waals surface area (Å²) in [5.41, 5.74) is 1.16. The van der Waals surface area contributed by atoms with Crippen molar-refractivity contribution in [3.05, 3.63) is 23.8 Å². The zero-order chi connectivity index (χ0) is 9.68. The van der Waals surface area contributed by atoms with Gasteiger partial charge in [-0.15, -0.1) is 24.4 Å². The fourth-order valence-electron chi connectivity index (χ4n) is 1.08. The summed E-state index contributed by atoms with van der Waals surface area (Å²) in [5.74, 6) is 0. The van der Waals surface area contributed by atoms with Crippen molar-refractivity contribution < 1.29 is 0 Å². The third-order valence-electron chi connectivity index (χ3n) is 1.79. The number of benzene rings is 1. The van der Waals surface area contributed by atoms with E-state index in [-0.39, 0.29) is 0 Å². The minimum atomic E-state index is 0.561. The van der Waals surface area contributed by atoms with E-state index in [0.29, 0.717) is 6.42 Å². The van der Waals surface area contributed by atoms with Crippen LogP contribution in [0.25, 0.3) is 0 Å². The molecule has 13 heavy (non-hydrogen) atoms. The van der Waals surface area contributed by atoms with E-state index in [4.69, 9.17) is 5.26 Å². The fourth-order valence-corrected chi connectivity index (χ4v) is 1.79. The molecule has 0 fully saturated rings. The van der Waals surface area contributed by atoms with Crippen molar-refractivity contribution in [2.24, 2.45) is 0 Å². The third-order valence-corrected chi connectivity index (χ3v) is 2.95. The predicted octanol–water partition coefficient (Wildman–Crippen LogP) is 3.15. The molecule has 0 radical (unpaired) electrons. The number of hydrogen-bond acceptors (Lipinski definition) is 3. The Morgan fingerprint density at radius 2 is 2.31 bits per heavy atom. The Balaban J connectivity index is 2.85. The SMILES string of the molecule is CSc1ccc(S)c(CCC#N)c1. The molecule has 0 N–H and O–H groups in total. The number of thioether (sulfide) groups is 1. The van der Waals surface area contributed by atoms with Crippen molar-refractivity contribution in [2.75, 3.05) is 6.26 Å². The van der Waals surface area contributed by atoms with E-state index in [2.05, 4.69) is 24.8 Å². The van der Waals surface area contributed by atoms with Crippen LogP contribution in [0.15, 0.2) is 28.0 Å². The van der Waals surface area contributed by atoms with Gasteiger partial charge in [0.25, 0.3) is 0 Å². The lowest BCUT2D eigenvalue weighted by atomic mass is 10.1. The van der Waals surface area contributed by atoms with Crippen LogP contribution in [-0.2, 0) is 6.42 Å². The minimum Gasteiger partial charge on any atom is -0.198 e. The van der Waals surface area contributed by atoms with Gasteiger partial charge in [-0.1, -0.05) is 0 Å². The van der Waals surface area contributed by atoms with Gasteiger partial charge in [0.1, 0.15) is 0 Å². The maximum atomic E-state index is 8.46. The van der Waals surface area contributed by atoms with E-state index in [1.807, 2.05) is 18.4 Å². The maximum absolute atomic E-state index is 8.46. The summed E-state index contributed by atoms with van der Waals surface area (Å²) < 4.78 is 0. The van der Waals surface area contributed by atoms with Crippen molar-refractivity contribution in [3.8, 4) is 6.07 Å². The average molecular weight is 209 g/mol. The van der Waals surface area contributed by atoms with Gasteiger partial charge in [-0.3, -0.25) is 0 Å². The molecule has 1 aromatic rings. The van der Waals surface area contributed by atoms with Gasteiger partial charge in [0.15, 0.2) is 0 Å². The quantitative estimate of drug-likeness (QED) is 0.610. The molecular formula is C10H11NS2. The Hall–Kier alpha value is -0.590. The van der Waals surface area contributed by atoms with E-state index in [0.717, 1.165) is 16.9 Å². The molecule has 3 heteroatoms. The van der Waals surface area contributed by atoms with Crippen LogP contribution in [0.3, 0.4) is 0 Å². The number of thiol groups is 1. The number of nitriles is 1. The lowest BCUT2D eigenvalue weighted by Gasteiger charge is -2.04. The molecule has 0 aliphatic carbocycles. The molecule has 0 heterocycles. The van der Waals surface area contributed by atoms with Gasteiger partial charge < -0.3 is 0 Å². The van der Waals surface area contributed by atoms with Crippen LogP contribution in [0.1, 0.15) is 12.0 Å². The Kier molecular flexibility index (Phi) is 4.20. The van der Waals surface area contributed by atoms with Crippen LogP contribution in [0.5, 0.6) is 0 Å². The monoisotopic (exact) mass is 209 g/mol. The maximum Gasteiger partial charge on any atom is 0.0625 e. The van der Waals surface area contributed by atoms with Crippen LogP contribution in [-0.4, -0.2) is 6.26 Å². The Morgan fingerprint density at radius 1 is 1.54 bits per heavy atom. The van der Waals surface area contributed by atoms with Gasteiger partial charge >= 0.3 is 0 Å². The molecule has 0 atom stereocenters. The van der Waals surface area contributed by atoms with Gasteiger partial charge in [-0.05, 0) is 36.4 Å². The van der Waals surface area contributed by atoms with E-state index in [1.54, 1.807) is 11.8 Å². The van der Waals surface area contributed by atoms with Crippen molar-refractivity contribution in [1.29, 1.82) is 5.26 Å². The van der Waals surface area contributed by atoms with Crippen molar-refractivity contribution in [1.82, 2.24) is 0 Å².